The van der Waals surface area contributed by atoms with Crippen LogP contribution in [0.3, 0.4) is 0 Å². The summed E-state index contributed by atoms with van der Waals surface area (Å²) in [6.45, 7) is 10.7. The molecule has 0 bridgehead atoms. The number of β-amino-alcohol motifs (C(OH)–C–C–N with tert-alkyl or cyclic N) is 1. The molecule has 0 unspecified atom stereocenters. The van der Waals surface area contributed by atoms with E-state index in [0.717, 1.165) is 44.4 Å². The zero-order valence-electron chi connectivity index (χ0n) is 19.9. The molecule has 4 rings (SSSR count). The third kappa shape index (κ3) is 5.89. The number of anilines is 2. The summed E-state index contributed by atoms with van der Waals surface area (Å²) < 4.78 is 5.97. The van der Waals surface area contributed by atoms with Crippen molar-refractivity contribution in [2.75, 3.05) is 75.3 Å². The van der Waals surface area contributed by atoms with Crippen molar-refractivity contribution in [1.82, 2.24) is 20.0 Å². The fraction of sp³-hybridized carbons (Fsp3) is 0.542. The van der Waals surface area contributed by atoms with Crippen LogP contribution in [0.5, 0.6) is 5.75 Å². The van der Waals surface area contributed by atoms with E-state index in [4.69, 9.17) is 21.4 Å². The average molecular weight is 489 g/mol. The van der Waals surface area contributed by atoms with Crippen molar-refractivity contribution in [3.05, 3.63) is 41.4 Å². The molecule has 2 aromatic rings. The molecule has 1 N–H and O–H groups in total. The van der Waals surface area contributed by atoms with E-state index in [1.54, 1.807) is 38.1 Å². The molecule has 0 radical (unpaired) electrons. The van der Waals surface area contributed by atoms with Crippen LogP contribution in [0.15, 0.2) is 36.4 Å². The summed E-state index contributed by atoms with van der Waals surface area (Å²) in [6, 6.07) is 11.1. The Balaban J connectivity index is 1.28. The van der Waals surface area contributed by atoms with Crippen LogP contribution in [0.4, 0.5) is 11.6 Å². The highest BCUT2D eigenvalue weighted by molar-refractivity contribution is 6.30. The average Bonchev–Trinajstić information content (AvgIpc) is 2.86. The van der Waals surface area contributed by atoms with E-state index in [0.29, 0.717) is 37.0 Å². The summed E-state index contributed by atoms with van der Waals surface area (Å²) in [6.07, 6.45) is 0. The van der Waals surface area contributed by atoms with Crippen molar-refractivity contribution in [2.45, 2.75) is 19.4 Å². The van der Waals surface area contributed by atoms with Gasteiger partial charge in [-0.1, -0.05) is 11.6 Å². The summed E-state index contributed by atoms with van der Waals surface area (Å²) in [5.41, 5.74) is -0.974. The zero-order valence-corrected chi connectivity index (χ0v) is 20.6. The third-order valence-corrected chi connectivity index (χ3v) is 6.59. The van der Waals surface area contributed by atoms with Gasteiger partial charge in [-0.15, -0.1) is 10.2 Å². The van der Waals surface area contributed by atoms with Crippen LogP contribution < -0.4 is 14.5 Å². The van der Waals surface area contributed by atoms with Crippen LogP contribution in [0.1, 0.15) is 13.8 Å². The van der Waals surface area contributed by atoms with Gasteiger partial charge < -0.3 is 24.5 Å². The molecule has 0 aliphatic carbocycles. The van der Waals surface area contributed by atoms with Crippen LogP contribution >= 0.6 is 11.6 Å². The van der Waals surface area contributed by atoms with Gasteiger partial charge in [0.05, 0.1) is 6.61 Å². The van der Waals surface area contributed by atoms with Gasteiger partial charge in [-0.3, -0.25) is 9.69 Å². The van der Waals surface area contributed by atoms with E-state index in [1.807, 2.05) is 17.0 Å². The third-order valence-electron chi connectivity index (χ3n) is 6.34. The van der Waals surface area contributed by atoms with Gasteiger partial charge in [-0.2, -0.15) is 0 Å². The summed E-state index contributed by atoms with van der Waals surface area (Å²) >= 11 is 5.94. The molecule has 0 atom stereocenters. The minimum absolute atomic E-state index is 0.0381. The molecule has 0 spiro atoms. The number of aliphatic hydroxyl groups is 1. The van der Waals surface area contributed by atoms with E-state index in [2.05, 4.69) is 24.9 Å². The number of halogens is 1. The molecule has 0 saturated carbocycles. The second-order valence-corrected chi connectivity index (χ2v) is 9.58. The molecule has 1 aromatic carbocycles. The number of ether oxygens (including phenoxy) is 1. The van der Waals surface area contributed by atoms with Gasteiger partial charge in [0.15, 0.2) is 17.2 Å². The zero-order chi connectivity index (χ0) is 24.1. The van der Waals surface area contributed by atoms with Gasteiger partial charge in [0.25, 0.3) is 5.91 Å². The highest BCUT2D eigenvalue weighted by Crippen LogP contribution is 2.24. The lowest BCUT2D eigenvalue weighted by atomic mass is 10.1. The largest absolute Gasteiger partial charge is 0.478 e. The highest BCUT2D eigenvalue weighted by atomic mass is 35.5. The lowest BCUT2D eigenvalue weighted by Crippen LogP contribution is -2.56. The predicted octanol–water partition coefficient (Wildman–Crippen LogP) is 1.75. The van der Waals surface area contributed by atoms with Crippen LogP contribution in [0.2, 0.25) is 5.02 Å². The fourth-order valence-electron chi connectivity index (χ4n) is 4.36. The molecular formula is C24H33ClN6O3. The smallest absolute Gasteiger partial charge is 0.266 e. The number of hydrogen-bond acceptors (Lipinski definition) is 8. The number of carbonyl (C=O) groups is 1. The summed E-state index contributed by atoms with van der Waals surface area (Å²) in [7, 11) is 0. The first-order valence-electron chi connectivity index (χ1n) is 11.8. The Morgan fingerprint density at radius 2 is 1.44 bits per heavy atom. The van der Waals surface area contributed by atoms with Crippen LogP contribution in [-0.2, 0) is 4.79 Å². The normalized spacial score (nSPS) is 17.7. The van der Waals surface area contributed by atoms with Crippen LogP contribution in [-0.4, -0.2) is 102 Å². The Morgan fingerprint density at radius 1 is 0.912 bits per heavy atom. The molecule has 3 heterocycles. The Bertz CT molecular complexity index is 940. The molecule has 2 fully saturated rings. The summed E-state index contributed by atoms with van der Waals surface area (Å²) in [4.78, 5) is 21.6. The molecule has 2 aliphatic rings. The number of hydrogen-bond donors (Lipinski definition) is 1. The molecule has 1 amide bonds. The highest BCUT2D eigenvalue weighted by Gasteiger charge is 2.36. The molecule has 10 heteroatoms. The Morgan fingerprint density at radius 3 is 1.94 bits per heavy atom. The van der Waals surface area contributed by atoms with Gasteiger partial charge in [-0.25, -0.2) is 0 Å². The first-order chi connectivity index (χ1) is 16.4. The number of rotatable bonds is 7. The summed E-state index contributed by atoms with van der Waals surface area (Å²) in [5, 5.41) is 18.6. The van der Waals surface area contributed by atoms with Crippen molar-refractivity contribution in [2.24, 2.45) is 0 Å². The standard InChI is InChI=1S/C24H33ClN6O3/c1-24(2,34-20-5-3-19(25)4-6-20)23(33)31-15-13-30(14-16-31)22-8-7-21(26-27-22)29-11-9-28(10-12-29)17-18-32/h3-8,32H,9-18H2,1-2H3. The quantitative estimate of drug-likeness (QED) is 0.631. The number of aliphatic hydroxyl groups excluding tert-OH is 1. The molecular weight excluding hydrogens is 456 g/mol. The fourth-order valence-corrected chi connectivity index (χ4v) is 4.48. The Labute approximate surface area is 205 Å². The van der Waals surface area contributed by atoms with E-state index >= 15 is 0 Å². The van der Waals surface area contributed by atoms with Gasteiger partial charge in [0.2, 0.25) is 0 Å². The second kappa shape index (κ2) is 10.8. The van der Waals surface area contributed by atoms with Crippen LogP contribution in [0.25, 0.3) is 0 Å². The topological polar surface area (TPSA) is 85.3 Å². The maximum Gasteiger partial charge on any atom is 0.266 e. The van der Waals surface area contributed by atoms with Gasteiger partial charge in [0, 0.05) is 63.9 Å². The maximum absolute atomic E-state index is 13.1. The first kappa shape index (κ1) is 24.5. The van der Waals surface area contributed by atoms with Crippen molar-refractivity contribution >= 4 is 29.1 Å². The monoisotopic (exact) mass is 488 g/mol. The van der Waals surface area contributed by atoms with Gasteiger partial charge >= 0.3 is 0 Å². The SMILES string of the molecule is CC(C)(Oc1ccc(Cl)cc1)C(=O)N1CCN(c2ccc(N3CCN(CCO)CC3)nn2)CC1. The lowest BCUT2D eigenvalue weighted by molar-refractivity contribution is -0.145. The number of carbonyl (C=O) groups excluding carboxylic acids is 1. The molecule has 34 heavy (non-hydrogen) atoms. The maximum atomic E-state index is 13.1. The van der Waals surface area contributed by atoms with E-state index in [-0.39, 0.29) is 12.5 Å². The minimum Gasteiger partial charge on any atom is -0.478 e. The first-order valence-corrected chi connectivity index (χ1v) is 12.1. The molecule has 1 aromatic heterocycles. The van der Waals surface area contributed by atoms with Crippen LogP contribution in [0, 0.1) is 0 Å². The number of piperazine rings is 2. The minimum atomic E-state index is -0.974. The molecule has 2 saturated heterocycles. The molecule has 184 valence electrons. The number of aromatic nitrogens is 2. The number of nitrogens with zero attached hydrogens (tertiary/aromatic N) is 6. The Hall–Kier alpha value is -2.62. The summed E-state index contributed by atoms with van der Waals surface area (Å²) in [5.74, 6) is 2.28. The van der Waals surface area contributed by atoms with E-state index in [1.165, 1.54) is 0 Å². The molecule has 9 nitrogen and oxygen atoms in total. The number of benzene rings is 1. The predicted molar refractivity (Wildman–Crippen MR) is 133 cm³/mol. The Kier molecular flexibility index (Phi) is 7.75. The molecule has 2 aliphatic heterocycles. The van der Waals surface area contributed by atoms with E-state index < -0.39 is 5.60 Å². The number of amides is 1. The van der Waals surface area contributed by atoms with E-state index in [9.17, 15) is 4.79 Å². The second-order valence-electron chi connectivity index (χ2n) is 9.15. The van der Waals surface area contributed by atoms with Gasteiger partial charge in [0.1, 0.15) is 5.75 Å². The van der Waals surface area contributed by atoms with Gasteiger partial charge in [-0.05, 0) is 50.2 Å². The van der Waals surface area contributed by atoms with Crippen molar-refractivity contribution in [3.63, 3.8) is 0 Å². The van der Waals surface area contributed by atoms with Crippen molar-refractivity contribution < 1.29 is 14.6 Å². The lowest BCUT2D eigenvalue weighted by Gasteiger charge is -2.39. The van der Waals surface area contributed by atoms with Crippen molar-refractivity contribution in [1.29, 1.82) is 0 Å². The van der Waals surface area contributed by atoms with Crippen molar-refractivity contribution in [3.8, 4) is 5.75 Å².